The third-order valence-corrected chi connectivity index (χ3v) is 2.97. The average Bonchev–Trinajstić information content (AvgIpc) is 2.27. The zero-order valence-corrected chi connectivity index (χ0v) is 8.72. The van der Waals surface area contributed by atoms with Crippen molar-refractivity contribution in [3.63, 3.8) is 0 Å². The van der Waals surface area contributed by atoms with Gasteiger partial charge in [-0.25, -0.2) is 0 Å². The second kappa shape index (κ2) is 3.13. The van der Waals surface area contributed by atoms with Crippen LogP contribution < -0.4 is 10.4 Å². The molecular weight excluding hydrogens is 182 g/mol. The van der Waals surface area contributed by atoms with Crippen LogP contribution in [0.3, 0.4) is 0 Å². The summed E-state index contributed by atoms with van der Waals surface area (Å²) in [7, 11) is 0. The van der Waals surface area contributed by atoms with Crippen molar-refractivity contribution in [2.24, 2.45) is 0 Å². The van der Waals surface area contributed by atoms with Crippen LogP contribution >= 0.6 is 0 Å². The van der Waals surface area contributed by atoms with Gasteiger partial charge in [-0.1, -0.05) is 36.4 Å². The molecule has 0 saturated heterocycles. The van der Waals surface area contributed by atoms with Gasteiger partial charge < -0.3 is 4.90 Å². The second-order valence-corrected chi connectivity index (χ2v) is 4.03. The van der Waals surface area contributed by atoms with E-state index < -0.39 is 0 Å². The molecule has 0 aromatic heterocycles. The number of fused-ring (bicyclic) bond motifs is 2. The van der Waals surface area contributed by atoms with E-state index in [0.29, 0.717) is 6.04 Å². The minimum Gasteiger partial charge on any atom is -0.341 e. The molecule has 0 amide bonds. The molecule has 0 saturated carbocycles. The number of hydrogen-bond donors (Lipinski definition) is 0. The highest BCUT2D eigenvalue weighted by atomic mass is 15.1. The molecule has 74 valence electrons. The van der Waals surface area contributed by atoms with Crippen LogP contribution in [0.1, 0.15) is 6.92 Å². The summed E-state index contributed by atoms with van der Waals surface area (Å²) in [6.07, 6.45) is 11.0. The van der Waals surface area contributed by atoms with Crippen LogP contribution in [0.4, 0.5) is 0 Å². The first kappa shape index (κ1) is 8.54. The predicted octanol–water partition coefficient (Wildman–Crippen LogP) is 1.36. The molecule has 0 aliphatic carbocycles. The van der Waals surface area contributed by atoms with Gasteiger partial charge in [-0.2, -0.15) is 0 Å². The fraction of sp³-hybridized carbons (Fsp3) is 0.143. The van der Waals surface area contributed by atoms with E-state index in [9.17, 15) is 0 Å². The summed E-state index contributed by atoms with van der Waals surface area (Å²) in [6, 6.07) is 8.94. The van der Waals surface area contributed by atoms with Crippen molar-refractivity contribution in [1.82, 2.24) is 4.90 Å². The Morgan fingerprint density at radius 3 is 2.80 bits per heavy atom. The van der Waals surface area contributed by atoms with Gasteiger partial charge in [0.25, 0.3) is 0 Å². The molecule has 1 atom stereocenters. The molecule has 2 aliphatic rings. The Kier molecular flexibility index (Phi) is 1.78. The van der Waals surface area contributed by atoms with Gasteiger partial charge >= 0.3 is 0 Å². The number of hydrogen-bond acceptors (Lipinski definition) is 1. The molecule has 1 unspecified atom stereocenters. The minimum absolute atomic E-state index is 0.453. The van der Waals surface area contributed by atoms with E-state index in [-0.39, 0.29) is 0 Å². The Bertz CT molecular complexity index is 563. The molecule has 0 spiro atoms. The zero-order valence-electron chi connectivity index (χ0n) is 8.72. The normalized spacial score (nSPS) is 22.1. The first-order chi connectivity index (χ1) is 7.34. The van der Waals surface area contributed by atoms with Crippen LogP contribution in [-0.4, -0.2) is 10.9 Å². The lowest BCUT2D eigenvalue weighted by Gasteiger charge is -2.30. The van der Waals surface area contributed by atoms with Gasteiger partial charge in [0.15, 0.2) is 0 Å². The van der Waals surface area contributed by atoms with Gasteiger partial charge in [-0.3, -0.25) is 0 Å². The van der Waals surface area contributed by atoms with Gasteiger partial charge in [0.2, 0.25) is 0 Å². The fourth-order valence-corrected chi connectivity index (χ4v) is 2.11. The third-order valence-electron chi connectivity index (χ3n) is 2.97. The molecule has 1 aromatic rings. The van der Waals surface area contributed by atoms with Crippen LogP contribution in [-0.2, 0) is 0 Å². The van der Waals surface area contributed by atoms with Crippen molar-refractivity contribution in [3.8, 4) is 0 Å². The van der Waals surface area contributed by atoms with E-state index in [1.165, 1.54) is 16.1 Å². The lowest BCUT2D eigenvalue weighted by molar-refractivity contribution is 0.462. The van der Waals surface area contributed by atoms with Crippen LogP contribution in [0.15, 0.2) is 48.2 Å². The first-order valence-corrected chi connectivity index (χ1v) is 5.30. The van der Waals surface area contributed by atoms with Crippen LogP contribution in [0.25, 0.3) is 12.3 Å². The first-order valence-electron chi connectivity index (χ1n) is 5.30. The van der Waals surface area contributed by atoms with E-state index in [0.717, 1.165) is 0 Å². The molecule has 0 N–H and O–H groups in total. The summed E-state index contributed by atoms with van der Waals surface area (Å²) < 4.78 is 0. The second-order valence-electron chi connectivity index (χ2n) is 4.03. The maximum Gasteiger partial charge on any atom is 0.0491 e. The van der Waals surface area contributed by atoms with Gasteiger partial charge in [0.1, 0.15) is 0 Å². The largest absolute Gasteiger partial charge is 0.341 e. The van der Waals surface area contributed by atoms with Gasteiger partial charge in [0, 0.05) is 17.9 Å². The summed E-state index contributed by atoms with van der Waals surface area (Å²) in [6.45, 7) is 2.21. The SMILES string of the molecule is CC1C=CC=C2C=c3ccccc3=CN21. The van der Waals surface area contributed by atoms with Crippen LogP contribution in [0.5, 0.6) is 0 Å². The average molecular weight is 195 g/mol. The highest BCUT2D eigenvalue weighted by Gasteiger charge is 2.15. The van der Waals surface area contributed by atoms with Crippen molar-refractivity contribution in [2.45, 2.75) is 13.0 Å². The molecule has 0 bridgehead atoms. The molecule has 1 nitrogen and oxygen atoms in total. The van der Waals surface area contributed by atoms with E-state index >= 15 is 0 Å². The van der Waals surface area contributed by atoms with Crippen molar-refractivity contribution in [1.29, 1.82) is 0 Å². The standard InChI is InChI=1S/C14H13N/c1-11-5-4-8-14-9-12-6-2-3-7-13(12)10-15(11)14/h2-11H,1H3. The van der Waals surface area contributed by atoms with E-state index in [4.69, 9.17) is 0 Å². The maximum absolute atomic E-state index is 2.31. The molecule has 2 aliphatic heterocycles. The Balaban J connectivity index is 2.27. The van der Waals surface area contributed by atoms with Crippen molar-refractivity contribution in [3.05, 3.63) is 58.6 Å². The Morgan fingerprint density at radius 2 is 1.93 bits per heavy atom. The number of allylic oxidation sites excluding steroid dienone is 3. The fourth-order valence-electron chi connectivity index (χ4n) is 2.11. The van der Waals surface area contributed by atoms with Crippen molar-refractivity contribution < 1.29 is 0 Å². The molecule has 0 radical (unpaired) electrons. The monoisotopic (exact) mass is 195 g/mol. The van der Waals surface area contributed by atoms with Crippen molar-refractivity contribution in [2.75, 3.05) is 0 Å². The minimum atomic E-state index is 0.453. The molecule has 2 heterocycles. The topological polar surface area (TPSA) is 3.24 Å². The summed E-state index contributed by atoms with van der Waals surface area (Å²) in [4.78, 5) is 2.31. The van der Waals surface area contributed by atoms with Gasteiger partial charge in [0.05, 0.1) is 0 Å². The Morgan fingerprint density at radius 1 is 1.13 bits per heavy atom. The number of nitrogens with zero attached hydrogens (tertiary/aromatic N) is 1. The Labute approximate surface area is 89.3 Å². The maximum atomic E-state index is 2.31. The lowest BCUT2D eigenvalue weighted by atomic mass is 10.1. The van der Waals surface area contributed by atoms with Crippen LogP contribution in [0.2, 0.25) is 0 Å². The predicted molar refractivity (Wildman–Crippen MR) is 63.1 cm³/mol. The van der Waals surface area contributed by atoms with Crippen LogP contribution in [0, 0.1) is 0 Å². The van der Waals surface area contributed by atoms with Gasteiger partial charge in [-0.15, -0.1) is 0 Å². The Hall–Kier alpha value is -1.76. The molecule has 3 rings (SSSR count). The molecule has 1 heteroatoms. The number of benzene rings is 1. The molecule has 15 heavy (non-hydrogen) atoms. The summed E-state index contributed by atoms with van der Waals surface area (Å²) in [5.41, 5.74) is 1.28. The summed E-state index contributed by atoms with van der Waals surface area (Å²) >= 11 is 0. The van der Waals surface area contributed by atoms with E-state index in [1.807, 2.05) is 0 Å². The highest BCUT2D eigenvalue weighted by molar-refractivity contribution is 5.56. The quantitative estimate of drug-likeness (QED) is 0.604. The zero-order chi connectivity index (χ0) is 10.3. The summed E-state index contributed by atoms with van der Waals surface area (Å²) in [5.74, 6) is 0. The summed E-state index contributed by atoms with van der Waals surface area (Å²) in [5, 5.41) is 2.61. The van der Waals surface area contributed by atoms with E-state index in [1.54, 1.807) is 0 Å². The highest BCUT2D eigenvalue weighted by Crippen LogP contribution is 2.18. The smallest absolute Gasteiger partial charge is 0.0491 e. The molecule has 1 aromatic carbocycles. The molecular formula is C14H13N. The van der Waals surface area contributed by atoms with E-state index in [2.05, 4.69) is 66.6 Å². The molecule has 0 fully saturated rings. The lowest BCUT2D eigenvalue weighted by Crippen LogP contribution is -2.38. The third kappa shape index (κ3) is 1.32. The van der Waals surface area contributed by atoms with Crippen molar-refractivity contribution >= 4 is 12.3 Å². The number of rotatable bonds is 0. The van der Waals surface area contributed by atoms with Gasteiger partial charge in [-0.05, 0) is 29.5 Å².